The maximum absolute atomic E-state index is 2.60. The molecule has 1 saturated heterocycles. The Morgan fingerprint density at radius 2 is 2.07 bits per heavy atom. The largest absolute Gasteiger partial charge is 0.303 e. The van der Waals surface area contributed by atoms with E-state index >= 15 is 0 Å². The van der Waals surface area contributed by atoms with Crippen LogP contribution >= 0.6 is 0 Å². The van der Waals surface area contributed by atoms with Gasteiger partial charge in [0.2, 0.25) is 0 Å². The molecule has 0 radical (unpaired) electrons. The van der Waals surface area contributed by atoms with E-state index in [-0.39, 0.29) is 0 Å². The van der Waals surface area contributed by atoms with E-state index in [4.69, 9.17) is 0 Å². The molecule has 74 valence electrons. The van der Waals surface area contributed by atoms with Crippen LogP contribution < -0.4 is 0 Å². The fourth-order valence-electron chi connectivity index (χ4n) is 2.66. The lowest BCUT2D eigenvalue weighted by Gasteiger charge is -2.35. The van der Waals surface area contributed by atoms with Crippen molar-refractivity contribution in [3.8, 4) is 0 Å². The van der Waals surface area contributed by atoms with Gasteiger partial charge in [0.1, 0.15) is 0 Å². The number of likely N-dealkylation sites (N-methyl/N-ethyl adjacent to an activating group) is 1. The Morgan fingerprint density at radius 1 is 1.21 bits per heavy atom. The molecule has 1 aromatic carbocycles. The minimum Gasteiger partial charge on any atom is -0.303 e. The number of nitrogens with zero attached hydrogens (tertiary/aromatic N) is 2. The second kappa shape index (κ2) is 3.07. The first-order valence-electron chi connectivity index (χ1n) is 5.35. The Kier molecular flexibility index (Phi) is 1.85. The molecule has 3 rings (SSSR count). The molecule has 0 saturated carbocycles. The Labute approximate surface area is 85.1 Å². The first-order valence-corrected chi connectivity index (χ1v) is 5.35. The molecule has 0 N–H and O–H groups in total. The van der Waals surface area contributed by atoms with Gasteiger partial charge in [0.05, 0.1) is 0 Å². The summed E-state index contributed by atoms with van der Waals surface area (Å²) in [7, 11) is 2.22. The van der Waals surface area contributed by atoms with Crippen LogP contribution in [0.15, 0.2) is 24.3 Å². The second-order valence-electron chi connectivity index (χ2n) is 4.45. The summed E-state index contributed by atoms with van der Waals surface area (Å²) in [6.07, 6.45) is 0. The summed E-state index contributed by atoms with van der Waals surface area (Å²) < 4.78 is 0. The van der Waals surface area contributed by atoms with Gasteiger partial charge in [0, 0.05) is 32.2 Å². The van der Waals surface area contributed by atoms with E-state index in [1.807, 2.05) is 0 Å². The van der Waals surface area contributed by atoms with E-state index in [1.165, 1.54) is 25.2 Å². The highest BCUT2D eigenvalue weighted by Crippen LogP contribution is 2.35. The van der Waals surface area contributed by atoms with Gasteiger partial charge in [-0.25, -0.2) is 0 Å². The van der Waals surface area contributed by atoms with Gasteiger partial charge < -0.3 is 4.90 Å². The van der Waals surface area contributed by atoms with Gasteiger partial charge in [-0.05, 0) is 18.2 Å². The summed E-state index contributed by atoms with van der Waals surface area (Å²) in [5, 5.41) is 0. The molecule has 14 heavy (non-hydrogen) atoms. The van der Waals surface area contributed by atoms with E-state index < -0.39 is 0 Å². The Balaban J connectivity index is 1.97. The van der Waals surface area contributed by atoms with Crippen LogP contribution in [-0.4, -0.2) is 36.5 Å². The molecule has 0 aromatic heterocycles. The Hall–Kier alpha value is -0.860. The molecule has 0 spiro atoms. The molecular formula is C12H16N2. The van der Waals surface area contributed by atoms with Crippen LogP contribution in [0.5, 0.6) is 0 Å². The summed E-state index contributed by atoms with van der Waals surface area (Å²) in [6, 6.07) is 9.54. The molecular weight excluding hydrogens is 172 g/mol. The summed E-state index contributed by atoms with van der Waals surface area (Å²) in [4.78, 5) is 5.04. The Morgan fingerprint density at radius 3 is 3.00 bits per heavy atom. The number of benzene rings is 1. The standard InChI is InChI=1S/C12H16N2/c1-13-6-7-14-8-10-4-2-3-5-11(10)12(14)9-13/h2-5,12H,6-9H2,1H3. The van der Waals surface area contributed by atoms with Crippen molar-refractivity contribution in [3.63, 3.8) is 0 Å². The molecule has 1 aromatic rings. The third kappa shape index (κ3) is 1.18. The van der Waals surface area contributed by atoms with Crippen molar-refractivity contribution >= 4 is 0 Å². The summed E-state index contributed by atoms with van der Waals surface area (Å²) >= 11 is 0. The maximum atomic E-state index is 2.60. The third-order valence-electron chi connectivity index (χ3n) is 3.48. The van der Waals surface area contributed by atoms with E-state index in [2.05, 4.69) is 41.1 Å². The molecule has 0 bridgehead atoms. The van der Waals surface area contributed by atoms with Gasteiger partial charge >= 0.3 is 0 Å². The van der Waals surface area contributed by atoms with E-state index in [9.17, 15) is 0 Å². The first-order chi connectivity index (χ1) is 6.84. The average Bonchev–Trinajstić information content (AvgIpc) is 2.56. The predicted octanol–water partition coefficient (Wildman–Crippen LogP) is 1.49. The lowest BCUT2D eigenvalue weighted by Crippen LogP contribution is -2.43. The topological polar surface area (TPSA) is 6.48 Å². The number of hydrogen-bond donors (Lipinski definition) is 0. The van der Waals surface area contributed by atoms with E-state index in [1.54, 1.807) is 5.56 Å². The zero-order valence-corrected chi connectivity index (χ0v) is 8.61. The van der Waals surface area contributed by atoms with Crippen LogP contribution in [-0.2, 0) is 6.54 Å². The van der Waals surface area contributed by atoms with Crippen LogP contribution in [0, 0.1) is 0 Å². The van der Waals surface area contributed by atoms with Gasteiger partial charge in [-0.2, -0.15) is 0 Å². The highest BCUT2D eigenvalue weighted by molar-refractivity contribution is 5.34. The van der Waals surface area contributed by atoms with Crippen LogP contribution in [0.2, 0.25) is 0 Å². The molecule has 1 atom stereocenters. The van der Waals surface area contributed by atoms with Gasteiger partial charge in [-0.3, -0.25) is 4.90 Å². The number of hydrogen-bond acceptors (Lipinski definition) is 2. The lowest BCUT2D eigenvalue weighted by molar-refractivity contribution is 0.101. The molecule has 2 aliphatic rings. The molecule has 2 aliphatic heterocycles. The molecule has 2 heteroatoms. The average molecular weight is 188 g/mol. The third-order valence-corrected chi connectivity index (χ3v) is 3.48. The fraction of sp³-hybridized carbons (Fsp3) is 0.500. The minimum absolute atomic E-state index is 0.657. The van der Waals surface area contributed by atoms with Crippen molar-refractivity contribution in [2.24, 2.45) is 0 Å². The SMILES string of the molecule is CN1CCN2Cc3ccccc3C2C1. The van der Waals surface area contributed by atoms with Gasteiger partial charge in [0.15, 0.2) is 0 Å². The number of piperazine rings is 1. The summed E-state index contributed by atoms with van der Waals surface area (Å²) in [6.45, 7) is 4.78. The van der Waals surface area contributed by atoms with Crippen LogP contribution in [0.1, 0.15) is 17.2 Å². The van der Waals surface area contributed by atoms with Crippen LogP contribution in [0.3, 0.4) is 0 Å². The maximum Gasteiger partial charge on any atom is 0.0482 e. The van der Waals surface area contributed by atoms with Gasteiger partial charge in [0.25, 0.3) is 0 Å². The van der Waals surface area contributed by atoms with Gasteiger partial charge in [-0.15, -0.1) is 0 Å². The van der Waals surface area contributed by atoms with Crippen LogP contribution in [0.4, 0.5) is 0 Å². The highest BCUT2D eigenvalue weighted by Gasteiger charge is 2.33. The van der Waals surface area contributed by atoms with E-state index in [0.717, 1.165) is 6.54 Å². The lowest BCUT2D eigenvalue weighted by atomic mass is 10.0. The normalized spacial score (nSPS) is 27.4. The molecule has 1 fully saturated rings. The van der Waals surface area contributed by atoms with Crippen molar-refractivity contribution in [2.45, 2.75) is 12.6 Å². The van der Waals surface area contributed by atoms with Crippen molar-refractivity contribution < 1.29 is 0 Å². The summed E-state index contributed by atoms with van der Waals surface area (Å²) in [5.74, 6) is 0. The number of fused-ring (bicyclic) bond motifs is 3. The minimum atomic E-state index is 0.657. The molecule has 0 amide bonds. The molecule has 2 heterocycles. The van der Waals surface area contributed by atoms with Crippen molar-refractivity contribution in [3.05, 3.63) is 35.4 Å². The van der Waals surface area contributed by atoms with Gasteiger partial charge in [-0.1, -0.05) is 24.3 Å². The first kappa shape index (κ1) is 8.45. The predicted molar refractivity (Wildman–Crippen MR) is 57.1 cm³/mol. The highest BCUT2D eigenvalue weighted by atomic mass is 15.3. The molecule has 1 unspecified atom stereocenters. The molecule has 0 aliphatic carbocycles. The quantitative estimate of drug-likeness (QED) is 0.608. The van der Waals surface area contributed by atoms with Crippen molar-refractivity contribution in [1.82, 2.24) is 9.80 Å². The van der Waals surface area contributed by atoms with Crippen molar-refractivity contribution in [1.29, 1.82) is 0 Å². The number of rotatable bonds is 0. The monoisotopic (exact) mass is 188 g/mol. The zero-order valence-electron chi connectivity index (χ0n) is 8.61. The summed E-state index contributed by atoms with van der Waals surface area (Å²) in [5.41, 5.74) is 3.09. The van der Waals surface area contributed by atoms with Crippen molar-refractivity contribution in [2.75, 3.05) is 26.7 Å². The zero-order chi connectivity index (χ0) is 9.54. The smallest absolute Gasteiger partial charge is 0.0482 e. The second-order valence-corrected chi connectivity index (χ2v) is 4.45. The Bertz CT molecular complexity index is 348. The van der Waals surface area contributed by atoms with E-state index in [0.29, 0.717) is 6.04 Å². The molecule has 2 nitrogen and oxygen atoms in total. The fourth-order valence-corrected chi connectivity index (χ4v) is 2.66. The van der Waals surface area contributed by atoms with Crippen LogP contribution in [0.25, 0.3) is 0 Å².